The monoisotopic (exact) mass is 263 g/mol. The number of aromatic amines is 1. The predicted molar refractivity (Wildman–Crippen MR) is 72.5 cm³/mol. The normalized spacial score (nSPS) is 10.6. The molecule has 2 aromatic rings. The highest BCUT2D eigenvalue weighted by molar-refractivity contribution is 7.71. The van der Waals surface area contributed by atoms with E-state index < -0.39 is 0 Å². The maximum absolute atomic E-state index is 12.1. The minimum Gasteiger partial charge on any atom is -0.355 e. The van der Waals surface area contributed by atoms with Crippen LogP contribution in [0, 0.1) is 4.77 Å². The van der Waals surface area contributed by atoms with Crippen molar-refractivity contribution in [3.63, 3.8) is 0 Å². The minimum absolute atomic E-state index is 0.139. The van der Waals surface area contributed by atoms with Crippen LogP contribution in [0.1, 0.15) is 17.3 Å². The second kappa shape index (κ2) is 4.73. The Kier molecular flexibility index (Phi) is 3.29. The number of rotatable bonds is 2. The molecule has 5 nitrogen and oxygen atoms in total. The Hall–Kier alpha value is -1.95. The van der Waals surface area contributed by atoms with Gasteiger partial charge in [-0.3, -0.25) is 14.2 Å². The van der Waals surface area contributed by atoms with E-state index in [1.165, 1.54) is 4.57 Å². The number of carbonyl (C=O) groups is 1. The summed E-state index contributed by atoms with van der Waals surface area (Å²) in [6.07, 6.45) is 0. The number of nitrogens with zero attached hydrogens (tertiary/aromatic N) is 1. The maximum atomic E-state index is 12.1. The number of fused-ring (bicyclic) bond motifs is 1. The van der Waals surface area contributed by atoms with Gasteiger partial charge in [-0.15, -0.1) is 0 Å². The lowest BCUT2D eigenvalue weighted by atomic mass is 10.1. The summed E-state index contributed by atoms with van der Waals surface area (Å²) in [7, 11) is 1.56. The Morgan fingerprint density at radius 2 is 2.22 bits per heavy atom. The SMILES string of the molecule is CCn1c(=S)[nH]c2cc(C(=O)NC)ccc2c1=O. The highest BCUT2D eigenvalue weighted by Gasteiger charge is 2.08. The van der Waals surface area contributed by atoms with Crippen LogP contribution in [0.15, 0.2) is 23.0 Å². The van der Waals surface area contributed by atoms with Gasteiger partial charge in [0, 0.05) is 19.2 Å². The summed E-state index contributed by atoms with van der Waals surface area (Å²) in [6.45, 7) is 2.37. The number of amides is 1. The van der Waals surface area contributed by atoms with Crippen molar-refractivity contribution in [3.05, 3.63) is 38.9 Å². The first-order chi connectivity index (χ1) is 8.58. The van der Waals surface area contributed by atoms with Crippen LogP contribution in [0.3, 0.4) is 0 Å². The lowest BCUT2D eigenvalue weighted by molar-refractivity contribution is 0.0963. The zero-order chi connectivity index (χ0) is 13.3. The third kappa shape index (κ3) is 1.95. The Bertz CT molecular complexity index is 730. The van der Waals surface area contributed by atoms with Gasteiger partial charge in [0.15, 0.2) is 4.77 Å². The first-order valence-electron chi connectivity index (χ1n) is 5.57. The van der Waals surface area contributed by atoms with Gasteiger partial charge in [-0.1, -0.05) is 0 Å². The molecular formula is C12H13N3O2S. The average Bonchev–Trinajstić information content (AvgIpc) is 2.37. The Balaban J connectivity index is 2.78. The molecule has 0 spiro atoms. The summed E-state index contributed by atoms with van der Waals surface area (Å²) in [6, 6.07) is 4.89. The van der Waals surface area contributed by atoms with E-state index in [0.717, 1.165) is 0 Å². The quantitative estimate of drug-likeness (QED) is 0.806. The molecule has 0 saturated carbocycles. The van der Waals surface area contributed by atoms with Crippen molar-refractivity contribution >= 4 is 29.0 Å². The summed E-state index contributed by atoms with van der Waals surface area (Å²) in [5.41, 5.74) is 0.930. The fourth-order valence-electron chi connectivity index (χ4n) is 1.83. The molecule has 0 saturated heterocycles. The van der Waals surface area contributed by atoms with Gasteiger partial charge in [0.2, 0.25) is 0 Å². The smallest absolute Gasteiger partial charge is 0.262 e. The number of nitrogens with one attached hydrogen (secondary N) is 2. The molecule has 1 amide bonds. The largest absolute Gasteiger partial charge is 0.355 e. The molecule has 2 rings (SSSR count). The number of H-pyrrole nitrogens is 1. The number of hydrogen-bond donors (Lipinski definition) is 2. The zero-order valence-electron chi connectivity index (χ0n) is 10.1. The fourth-order valence-corrected chi connectivity index (χ4v) is 2.15. The van der Waals surface area contributed by atoms with Crippen molar-refractivity contribution in [2.75, 3.05) is 7.05 Å². The molecular weight excluding hydrogens is 250 g/mol. The van der Waals surface area contributed by atoms with Crippen molar-refractivity contribution < 1.29 is 4.79 Å². The third-order valence-electron chi connectivity index (χ3n) is 2.79. The molecule has 94 valence electrons. The van der Waals surface area contributed by atoms with Gasteiger partial charge in [-0.05, 0) is 37.3 Å². The van der Waals surface area contributed by atoms with Crippen LogP contribution in [-0.4, -0.2) is 22.5 Å². The van der Waals surface area contributed by atoms with Crippen molar-refractivity contribution in [1.82, 2.24) is 14.9 Å². The van der Waals surface area contributed by atoms with E-state index in [2.05, 4.69) is 10.3 Å². The van der Waals surface area contributed by atoms with Crippen LogP contribution in [0.2, 0.25) is 0 Å². The third-order valence-corrected chi connectivity index (χ3v) is 3.11. The van der Waals surface area contributed by atoms with Gasteiger partial charge in [0.1, 0.15) is 0 Å². The number of hydrogen-bond acceptors (Lipinski definition) is 3. The van der Waals surface area contributed by atoms with Crippen LogP contribution in [0.4, 0.5) is 0 Å². The van der Waals surface area contributed by atoms with Crippen LogP contribution in [0.5, 0.6) is 0 Å². The van der Waals surface area contributed by atoms with Crippen LogP contribution >= 0.6 is 12.2 Å². The van der Waals surface area contributed by atoms with E-state index in [0.29, 0.717) is 27.8 Å². The van der Waals surface area contributed by atoms with Crippen LogP contribution < -0.4 is 10.9 Å². The van der Waals surface area contributed by atoms with E-state index in [4.69, 9.17) is 12.2 Å². The first kappa shape index (κ1) is 12.5. The fraction of sp³-hybridized carbons (Fsp3) is 0.250. The lowest BCUT2D eigenvalue weighted by Crippen LogP contribution is -2.22. The molecule has 18 heavy (non-hydrogen) atoms. The lowest BCUT2D eigenvalue weighted by Gasteiger charge is -2.06. The molecule has 0 aliphatic rings. The van der Waals surface area contributed by atoms with Crippen molar-refractivity contribution in [2.24, 2.45) is 0 Å². The second-order valence-electron chi connectivity index (χ2n) is 3.82. The molecule has 1 aromatic carbocycles. The summed E-state index contributed by atoms with van der Waals surface area (Å²) in [4.78, 5) is 26.6. The van der Waals surface area contributed by atoms with Gasteiger partial charge in [-0.25, -0.2) is 0 Å². The van der Waals surface area contributed by atoms with E-state index in [1.807, 2.05) is 6.92 Å². The summed E-state index contributed by atoms with van der Waals surface area (Å²) in [5.74, 6) is -0.198. The molecule has 0 fully saturated rings. The van der Waals surface area contributed by atoms with Gasteiger partial charge < -0.3 is 10.3 Å². The predicted octanol–water partition coefficient (Wildman–Crippen LogP) is 1.44. The van der Waals surface area contributed by atoms with Crippen LogP contribution in [-0.2, 0) is 6.54 Å². The molecule has 0 atom stereocenters. The van der Waals surface area contributed by atoms with Crippen molar-refractivity contribution in [1.29, 1.82) is 0 Å². The molecule has 0 radical (unpaired) electrons. The van der Waals surface area contributed by atoms with Gasteiger partial charge in [-0.2, -0.15) is 0 Å². The highest BCUT2D eigenvalue weighted by atomic mass is 32.1. The Morgan fingerprint density at radius 3 is 2.83 bits per heavy atom. The summed E-state index contributed by atoms with van der Waals surface area (Å²) < 4.78 is 1.85. The van der Waals surface area contributed by atoms with E-state index in [-0.39, 0.29) is 11.5 Å². The van der Waals surface area contributed by atoms with Gasteiger partial charge >= 0.3 is 0 Å². The number of benzene rings is 1. The Labute approximate surface area is 108 Å². The van der Waals surface area contributed by atoms with Crippen molar-refractivity contribution in [3.8, 4) is 0 Å². The standard InChI is InChI=1S/C12H13N3O2S/c1-3-15-11(17)8-5-4-7(10(16)13-2)6-9(8)14-12(15)18/h4-6H,3H2,1-2H3,(H,13,16)(H,14,18). The molecule has 0 bridgehead atoms. The molecule has 2 N–H and O–H groups in total. The minimum atomic E-state index is -0.198. The molecule has 0 aliphatic heterocycles. The maximum Gasteiger partial charge on any atom is 0.262 e. The van der Waals surface area contributed by atoms with E-state index >= 15 is 0 Å². The van der Waals surface area contributed by atoms with E-state index in [9.17, 15) is 9.59 Å². The van der Waals surface area contributed by atoms with Gasteiger partial charge in [0.25, 0.3) is 11.5 Å². The summed E-state index contributed by atoms with van der Waals surface area (Å²) >= 11 is 5.11. The molecule has 6 heteroatoms. The second-order valence-corrected chi connectivity index (χ2v) is 4.21. The average molecular weight is 263 g/mol. The van der Waals surface area contributed by atoms with E-state index in [1.54, 1.807) is 25.2 Å². The molecule has 1 heterocycles. The summed E-state index contributed by atoms with van der Waals surface area (Å²) in [5, 5.41) is 3.06. The topological polar surface area (TPSA) is 66.9 Å². The zero-order valence-corrected chi connectivity index (χ0v) is 10.9. The van der Waals surface area contributed by atoms with Gasteiger partial charge in [0.05, 0.1) is 10.9 Å². The number of aromatic nitrogens is 2. The molecule has 0 aliphatic carbocycles. The van der Waals surface area contributed by atoms with Crippen molar-refractivity contribution in [2.45, 2.75) is 13.5 Å². The molecule has 1 aromatic heterocycles. The van der Waals surface area contributed by atoms with Crippen LogP contribution in [0.25, 0.3) is 10.9 Å². The highest BCUT2D eigenvalue weighted by Crippen LogP contribution is 2.10. The molecule has 0 unspecified atom stereocenters. The Morgan fingerprint density at radius 1 is 1.50 bits per heavy atom. The number of carbonyl (C=O) groups excluding carboxylic acids is 1. The first-order valence-corrected chi connectivity index (χ1v) is 5.98.